The van der Waals surface area contributed by atoms with E-state index in [-0.39, 0.29) is 23.4 Å². The number of pyridine rings is 1. The zero-order chi connectivity index (χ0) is 11.3. The van der Waals surface area contributed by atoms with Crippen LogP contribution in [0.25, 0.3) is 0 Å². The molecule has 0 aromatic carbocycles. The smallest absolute Gasteiger partial charge is 0.254 e. The van der Waals surface area contributed by atoms with Gasteiger partial charge in [0.05, 0.1) is 11.6 Å². The summed E-state index contributed by atoms with van der Waals surface area (Å²) in [6.45, 7) is 1.81. The Morgan fingerprint density at radius 2 is 1.93 bits per heavy atom. The molecule has 0 unspecified atom stereocenters. The van der Waals surface area contributed by atoms with Gasteiger partial charge in [0.15, 0.2) is 5.88 Å². The van der Waals surface area contributed by atoms with Gasteiger partial charge >= 0.3 is 0 Å². The van der Waals surface area contributed by atoms with Gasteiger partial charge in [-0.1, -0.05) is 0 Å². The highest BCUT2D eigenvalue weighted by atomic mass is 16.3. The first-order chi connectivity index (χ1) is 6.95. The van der Waals surface area contributed by atoms with E-state index in [2.05, 4.69) is 0 Å². The molecular weight excluding hydrogens is 196 g/mol. The molecule has 1 aliphatic heterocycles. The Balaban J connectivity index is 2.81. The molecule has 80 valence electrons. The summed E-state index contributed by atoms with van der Waals surface area (Å²) >= 11 is 0. The number of nitrogens with zero attached hydrogens (tertiary/aromatic N) is 2. The minimum atomic E-state index is -0.373. The molecule has 0 fully saturated rings. The van der Waals surface area contributed by atoms with E-state index in [0.29, 0.717) is 11.1 Å². The van der Waals surface area contributed by atoms with Gasteiger partial charge in [0.2, 0.25) is 0 Å². The lowest BCUT2D eigenvalue weighted by Gasteiger charge is -2.15. The molecule has 0 bridgehead atoms. The highest BCUT2D eigenvalue weighted by molar-refractivity contribution is 5.99. The summed E-state index contributed by atoms with van der Waals surface area (Å²) in [5, 5.41) is 9.79. The van der Waals surface area contributed by atoms with Crippen molar-refractivity contribution in [2.45, 2.75) is 13.0 Å². The van der Waals surface area contributed by atoms with Crippen molar-refractivity contribution >= 4 is 5.91 Å². The predicted molar refractivity (Wildman–Crippen MR) is 53.9 cm³/mol. The van der Waals surface area contributed by atoms with E-state index in [9.17, 15) is 14.7 Å². The molecule has 1 aliphatic rings. The number of fused-ring (bicyclic) bond motifs is 1. The fourth-order valence-corrected chi connectivity index (χ4v) is 1.85. The Labute approximate surface area is 86.6 Å². The van der Waals surface area contributed by atoms with Crippen molar-refractivity contribution in [2.75, 3.05) is 7.05 Å². The third kappa shape index (κ3) is 1.09. The third-order valence-electron chi connectivity index (χ3n) is 3.00. The number of hydrogen-bond acceptors (Lipinski definition) is 3. The van der Waals surface area contributed by atoms with Crippen molar-refractivity contribution in [3.05, 3.63) is 27.5 Å². The van der Waals surface area contributed by atoms with E-state index >= 15 is 0 Å². The van der Waals surface area contributed by atoms with Gasteiger partial charge in [0.1, 0.15) is 0 Å². The Bertz CT molecular complexity index is 504. The minimum Gasteiger partial charge on any atom is -0.494 e. The van der Waals surface area contributed by atoms with Gasteiger partial charge in [0.25, 0.3) is 11.5 Å². The van der Waals surface area contributed by atoms with Crippen LogP contribution in [0.1, 0.15) is 28.9 Å². The summed E-state index contributed by atoms with van der Waals surface area (Å²) in [5.74, 6) is -0.340. The number of aromatic nitrogens is 1. The zero-order valence-corrected chi connectivity index (χ0v) is 8.81. The normalized spacial score (nSPS) is 19.5. The second-order valence-electron chi connectivity index (χ2n) is 3.78. The molecule has 0 saturated carbocycles. The maximum atomic E-state index is 11.7. The number of amides is 1. The first-order valence-electron chi connectivity index (χ1n) is 4.65. The topological polar surface area (TPSA) is 62.5 Å². The SMILES string of the molecule is C[C@H]1c2c(cc(=O)n(C)c2O)C(=O)N1C. The van der Waals surface area contributed by atoms with Crippen molar-refractivity contribution in [3.8, 4) is 5.88 Å². The van der Waals surface area contributed by atoms with E-state index in [1.165, 1.54) is 18.0 Å². The molecule has 0 radical (unpaired) electrons. The molecule has 0 spiro atoms. The highest BCUT2D eigenvalue weighted by Crippen LogP contribution is 2.36. The first-order valence-corrected chi connectivity index (χ1v) is 4.65. The molecule has 5 nitrogen and oxygen atoms in total. The molecule has 1 aromatic rings. The standard InChI is InChI=1S/C10H12N2O3/c1-5-8-6(9(14)11(5)2)4-7(13)12(3)10(8)15/h4-5,15H,1-3H3/t5-/m0/s1. The van der Waals surface area contributed by atoms with Crippen LogP contribution < -0.4 is 5.56 Å². The van der Waals surface area contributed by atoms with E-state index in [0.717, 1.165) is 4.57 Å². The first kappa shape index (κ1) is 9.76. The van der Waals surface area contributed by atoms with E-state index < -0.39 is 0 Å². The number of hydrogen-bond donors (Lipinski definition) is 1. The molecule has 15 heavy (non-hydrogen) atoms. The lowest BCUT2D eigenvalue weighted by molar-refractivity contribution is 0.0784. The Morgan fingerprint density at radius 3 is 2.53 bits per heavy atom. The fraction of sp³-hybridized carbons (Fsp3) is 0.400. The summed E-state index contributed by atoms with van der Waals surface area (Å²) in [4.78, 5) is 24.6. The second-order valence-corrected chi connectivity index (χ2v) is 3.78. The molecule has 2 heterocycles. The summed E-state index contributed by atoms with van der Waals surface area (Å²) in [5.41, 5.74) is 0.470. The van der Waals surface area contributed by atoms with Crippen molar-refractivity contribution in [1.82, 2.24) is 9.47 Å². The fourth-order valence-electron chi connectivity index (χ4n) is 1.85. The Kier molecular flexibility index (Phi) is 1.86. The number of aromatic hydroxyl groups is 1. The average Bonchev–Trinajstić information content (AvgIpc) is 2.40. The van der Waals surface area contributed by atoms with Gasteiger partial charge in [-0.25, -0.2) is 0 Å². The van der Waals surface area contributed by atoms with Crippen LogP contribution in [-0.4, -0.2) is 27.5 Å². The summed E-state index contributed by atoms with van der Waals surface area (Å²) < 4.78 is 1.14. The molecule has 1 N–H and O–H groups in total. The molecule has 1 amide bonds. The van der Waals surface area contributed by atoms with E-state index in [4.69, 9.17) is 0 Å². The van der Waals surface area contributed by atoms with Crippen molar-refractivity contribution < 1.29 is 9.90 Å². The lowest BCUT2D eigenvalue weighted by Crippen LogP contribution is -2.21. The molecule has 0 aliphatic carbocycles. The van der Waals surface area contributed by atoms with Gasteiger partial charge in [-0.05, 0) is 6.92 Å². The van der Waals surface area contributed by atoms with Gasteiger partial charge < -0.3 is 10.0 Å². The molecule has 5 heteroatoms. The molecule has 1 atom stereocenters. The highest BCUT2D eigenvalue weighted by Gasteiger charge is 2.35. The zero-order valence-electron chi connectivity index (χ0n) is 8.81. The maximum absolute atomic E-state index is 11.7. The van der Waals surface area contributed by atoms with Crippen molar-refractivity contribution in [1.29, 1.82) is 0 Å². The molecule has 0 saturated heterocycles. The Hall–Kier alpha value is -1.78. The van der Waals surface area contributed by atoms with Crippen molar-refractivity contribution in [3.63, 3.8) is 0 Å². The van der Waals surface area contributed by atoms with Crippen LogP contribution >= 0.6 is 0 Å². The van der Waals surface area contributed by atoms with Crippen LogP contribution in [0, 0.1) is 0 Å². The number of rotatable bonds is 0. The quantitative estimate of drug-likeness (QED) is 0.664. The lowest BCUT2D eigenvalue weighted by atomic mass is 10.1. The summed E-state index contributed by atoms with van der Waals surface area (Å²) in [7, 11) is 3.13. The molecule has 2 rings (SSSR count). The predicted octanol–water partition coefficient (Wildman–Crippen LogP) is 0.238. The summed E-state index contributed by atoms with van der Waals surface area (Å²) in [6, 6.07) is 1.08. The van der Waals surface area contributed by atoms with Gasteiger partial charge in [-0.2, -0.15) is 0 Å². The molecular formula is C10H12N2O3. The van der Waals surface area contributed by atoms with E-state index in [1.54, 1.807) is 7.05 Å². The van der Waals surface area contributed by atoms with Crippen LogP contribution in [0.4, 0.5) is 0 Å². The average molecular weight is 208 g/mol. The monoisotopic (exact) mass is 208 g/mol. The summed E-state index contributed by atoms with van der Waals surface area (Å²) in [6.07, 6.45) is 0. The largest absolute Gasteiger partial charge is 0.494 e. The third-order valence-corrected chi connectivity index (χ3v) is 3.00. The second kappa shape index (κ2) is 2.85. The van der Waals surface area contributed by atoms with Crippen LogP contribution in [-0.2, 0) is 7.05 Å². The van der Waals surface area contributed by atoms with Crippen LogP contribution in [0.5, 0.6) is 5.88 Å². The van der Waals surface area contributed by atoms with Crippen LogP contribution in [0.15, 0.2) is 10.9 Å². The minimum absolute atomic E-state index is 0.122. The van der Waals surface area contributed by atoms with Crippen molar-refractivity contribution in [2.24, 2.45) is 7.05 Å². The van der Waals surface area contributed by atoms with Crippen LogP contribution in [0.2, 0.25) is 0 Å². The Morgan fingerprint density at radius 1 is 1.33 bits per heavy atom. The molecule has 1 aromatic heterocycles. The van der Waals surface area contributed by atoms with Gasteiger partial charge in [-0.3, -0.25) is 14.2 Å². The number of carbonyl (C=O) groups is 1. The number of carbonyl (C=O) groups excluding carboxylic acids is 1. The van der Waals surface area contributed by atoms with Crippen LogP contribution in [0.3, 0.4) is 0 Å². The maximum Gasteiger partial charge on any atom is 0.254 e. The van der Waals surface area contributed by atoms with E-state index in [1.807, 2.05) is 6.92 Å². The van der Waals surface area contributed by atoms with Gasteiger partial charge in [0, 0.05) is 25.7 Å². The van der Waals surface area contributed by atoms with Gasteiger partial charge in [-0.15, -0.1) is 0 Å².